The molecule has 37 heavy (non-hydrogen) atoms. The summed E-state index contributed by atoms with van der Waals surface area (Å²) >= 11 is 0. The highest BCUT2D eigenvalue weighted by Crippen LogP contribution is 2.64. The molecule has 2 aromatic carbocycles. The quantitative estimate of drug-likeness (QED) is 0.403. The van der Waals surface area contributed by atoms with Crippen LogP contribution in [-0.2, 0) is 16.2 Å². The van der Waals surface area contributed by atoms with E-state index in [-0.39, 0.29) is 16.2 Å². The Bertz CT molecular complexity index is 1080. The van der Waals surface area contributed by atoms with Gasteiger partial charge in [0.15, 0.2) is 0 Å². The van der Waals surface area contributed by atoms with Crippen LogP contribution in [0.4, 0.5) is 0 Å². The number of hydrogen-bond acceptors (Lipinski definition) is 2. The van der Waals surface area contributed by atoms with Crippen molar-refractivity contribution in [2.75, 3.05) is 0 Å². The van der Waals surface area contributed by atoms with Crippen molar-refractivity contribution in [2.24, 2.45) is 0 Å². The van der Waals surface area contributed by atoms with Gasteiger partial charge < -0.3 is 10.2 Å². The van der Waals surface area contributed by atoms with Crippen molar-refractivity contribution >= 4 is 0 Å². The number of hydrogen-bond donors (Lipinski definition) is 2. The molecule has 0 heterocycles. The third-order valence-corrected chi connectivity index (χ3v) is 10.9. The molecule has 2 aromatic rings. The molecule has 0 radical (unpaired) electrons. The Kier molecular flexibility index (Phi) is 6.20. The summed E-state index contributed by atoms with van der Waals surface area (Å²) in [5, 5.41) is 22.9. The maximum Gasteiger partial charge on any atom is 0.119 e. The zero-order valence-corrected chi connectivity index (χ0v) is 23.8. The molecule has 0 atom stereocenters. The monoisotopic (exact) mass is 500 g/mol. The molecular formula is C35H48O2. The lowest BCUT2D eigenvalue weighted by molar-refractivity contribution is 0.348. The van der Waals surface area contributed by atoms with E-state index >= 15 is 0 Å². The summed E-state index contributed by atoms with van der Waals surface area (Å²) in [6.07, 6.45) is 17.3. The zero-order chi connectivity index (χ0) is 26.0. The third kappa shape index (κ3) is 4.12. The fourth-order valence-corrected chi connectivity index (χ4v) is 9.24. The van der Waals surface area contributed by atoms with E-state index in [4.69, 9.17) is 0 Å². The Balaban J connectivity index is 1.47. The van der Waals surface area contributed by atoms with Crippen molar-refractivity contribution < 1.29 is 10.2 Å². The van der Waals surface area contributed by atoms with E-state index in [0.29, 0.717) is 23.3 Å². The molecule has 4 aliphatic carbocycles. The SMILES string of the molecule is CC1(C)CC2(CC(C)(C)c3cc(C4CCCCCC4)c(O)cc32)c2cc(O)c(C3CCCCCC3)cc21. The van der Waals surface area contributed by atoms with Gasteiger partial charge in [-0.25, -0.2) is 0 Å². The van der Waals surface area contributed by atoms with Crippen LogP contribution in [0.3, 0.4) is 0 Å². The zero-order valence-electron chi connectivity index (χ0n) is 23.8. The number of phenols is 2. The Morgan fingerprint density at radius 2 is 0.865 bits per heavy atom. The number of phenolic OH excluding ortho intramolecular Hbond substituents is 2. The van der Waals surface area contributed by atoms with Gasteiger partial charge in [-0.3, -0.25) is 0 Å². The van der Waals surface area contributed by atoms with Crippen LogP contribution in [0.1, 0.15) is 163 Å². The first-order chi connectivity index (χ1) is 17.6. The van der Waals surface area contributed by atoms with Gasteiger partial charge in [-0.15, -0.1) is 0 Å². The molecule has 2 fully saturated rings. The maximum absolute atomic E-state index is 11.5. The summed E-state index contributed by atoms with van der Waals surface area (Å²) in [5.74, 6) is 1.99. The second-order valence-corrected chi connectivity index (χ2v) is 14.5. The highest BCUT2D eigenvalue weighted by molar-refractivity contribution is 5.64. The average Bonchev–Trinajstić information content (AvgIpc) is 3.12. The lowest BCUT2D eigenvalue weighted by atomic mass is 9.72. The predicted molar refractivity (Wildman–Crippen MR) is 153 cm³/mol. The fourth-order valence-electron chi connectivity index (χ4n) is 9.24. The summed E-state index contributed by atoms with van der Waals surface area (Å²) < 4.78 is 0. The summed E-state index contributed by atoms with van der Waals surface area (Å²) in [6.45, 7) is 9.61. The summed E-state index contributed by atoms with van der Waals surface area (Å²) in [5.41, 5.74) is 7.81. The van der Waals surface area contributed by atoms with Crippen molar-refractivity contribution in [3.63, 3.8) is 0 Å². The standard InChI is InChI=1S/C35H48O2/c1-33(2)21-35(29-19-31(36)25(17-27(29)33)23-13-9-5-6-10-14-23)22-34(3,4)28-18-26(32(37)20-30(28)35)24-15-11-7-8-12-16-24/h17-20,23-24,36-37H,5-16,21-22H2,1-4H3. The first-order valence-corrected chi connectivity index (χ1v) is 15.4. The van der Waals surface area contributed by atoms with Crippen LogP contribution in [0.2, 0.25) is 0 Å². The summed E-state index contributed by atoms with van der Waals surface area (Å²) in [7, 11) is 0. The highest BCUT2D eigenvalue weighted by Gasteiger charge is 2.57. The molecule has 6 rings (SSSR count). The van der Waals surface area contributed by atoms with Crippen LogP contribution in [0.5, 0.6) is 11.5 Å². The van der Waals surface area contributed by atoms with E-state index in [9.17, 15) is 10.2 Å². The van der Waals surface area contributed by atoms with Gasteiger partial charge in [-0.1, -0.05) is 91.2 Å². The molecular weight excluding hydrogens is 452 g/mol. The van der Waals surface area contributed by atoms with Gasteiger partial charge >= 0.3 is 0 Å². The second kappa shape index (κ2) is 9.06. The minimum atomic E-state index is -0.142. The van der Waals surface area contributed by atoms with Crippen LogP contribution in [0, 0.1) is 0 Å². The third-order valence-electron chi connectivity index (χ3n) is 10.9. The van der Waals surface area contributed by atoms with Crippen molar-refractivity contribution in [2.45, 2.75) is 146 Å². The normalized spacial score (nSPS) is 25.0. The van der Waals surface area contributed by atoms with Gasteiger partial charge in [-0.05, 0) is 107 Å². The molecule has 2 saturated carbocycles. The van der Waals surface area contributed by atoms with Crippen LogP contribution >= 0.6 is 0 Å². The predicted octanol–water partition coefficient (Wildman–Crippen LogP) is 9.62. The van der Waals surface area contributed by atoms with Gasteiger partial charge in [0.25, 0.3) is 0 Å². The molecule has 2 N–H and O–H groups in total. The highest BCUT2D eigenvalue weighted by atomic mass is 16.3. The fraction of sp³-hybridized carbons (Fsp3) is 0.657. The topological polar surface area (TPSA) is 40.5 Å². The van der Waals surface area contributed by atoms with Gasteiger partial charge in [0, 0.05) is 5.41 Å². The van der Waals surface area contributed by atoms with Gasteiger partial charge in [0.05, 0.1) is 0 Å². The molecule has 0 aliphatic heterocycles. The van der Waals surface area contributed by atoms with Gasteiger partial charge in [0.2, 0.25) is 0 Å². The van der Waals surface area contributed by atoms with Crippen molar-refractivity contribution in [3.05, 3.63) is 57.6 Å². The first-order valence-electron chi connectivity index (χ1n) is 15.4. The molecule has 0 aromatic heterocycles. The number of benzene rings is 2. The van der Waals surface area contributed by atoms with Gasteiger partial charge in [-0.2, -0.15) is 0 Å². The van der Waals surface area contributed by atoms with Crippen LogP contribution in [0.25, 0.3) is 0 Å². The minimum Gasteiger partial charge on any atom is -0.508 e. The van der Waals surface area contributed by atoms with E-state index in [0.717, 1.165) is 12.8 Å². The molecule has 1 spiro atoms. The Hall–Kier alpha value is -1.96. The molecule has 2 nitrogen and oxygen atoms in total. The van der Waals surface area contributed by atoms with Crippen LogP contribution in [0.15, 0.2) is 24.3 Å². The van der Waals surface area contributed by atoms with E-state index in [2.05, 4.69) is 52.0 Å². The summed E-state index contributed by atoms with van der Waals surface area (Å²) in [6, 6.07) is 9.12. The Labute approximate surface area is 224 Å². The van der Waals surface area contributed by atoms with E-state index in [1.54, 1.807) is 0 Å². The molecule has 0 bridgehead atoms. The molecule has 2 heteroatoms. The first kappa shape index (κ1) is 25.3. The van der Waals surface area contributed by atoms with Crippen LogP contribution in [-0.4, -0.2) is 10.2 Å². The number of rotatable bonds is 2. The molecule has 0 amide bonds. The van der Waals surface area contributed by atoms with Crippen LogP contribution < -0.4 is 0 Å². The Morgan fingerprint density at radius 1 is 0.514 bits per heavy atom. The van der Waals surface area contributed by atoms with Crippen molar-refractivity contribution in [1.82, 2.24) is 0 Å². The largest absolute Gasteiger partial charge is 0.508 e. The number of aromatic hydroxyl groups is 2. The van der Waals surface area contributed by atoms with E-state index < -0.39 is 0 Å². The smallest absolute Gasteiger partial charge is 0.119 e. The molecule has 200 valence electrons. The maximum atomic E-state index is 11.5. The average molecular weight is 501 g/mol. The number of fused-ring (bicyclic) bond motifs is 4. The minimum absolute atomic E-state index is 0.0375. The van der Waals surface area contributed by atoms with E-state index in [1.807, 2.05) is 0 Å². The Morgan fingerprint density at radius 3 is 1.22 bits per heavy atom. The molecule has 0 saturated heterocycles. The lowest BCUT2D eigenvalue weighted by Crippen LogP contribution is -2.26. The van der Waals surface area contributed by atoms with E-state index in [1.165, 1.54) is 110 Å². The van der Waals surface area contributed by atoms with Gasteiger partial charge in [0.1, 0.15) is 11.5 Å². The lowest BCUT2D eigenvalue weighted by Gasteiger charge is -2.31. The summed E-state index contributed by atoms with van der Waals surface area (Å²) in [4.78, 5) is 0. The molecule has 0 unspecified atom stereocenters. The second-order valence-electron chi connectivity index (χ2n) is 14.5. The van der Waals surface area contributed by atoms with Crippen molar-refractivity contribution in [3.8, 4) is 11.5 Å². The molecule has 4 aliphatic rings. The van der Waals surface area contributed by atoms with Crippen molar-refractivity contribution in [1.29, 1.82) is 0 Å².